The fraction of sp³-hybridized carbons (Fsp3) is 0.294. The maximum atomic E-state index is 12.3. The Kier molecular flexibility index (Phi) is 6.21. The third-order valence-corrected chi connectivity index (χ3v) is 3.22. The van der Waals surface area contributed by atoms with Crippen molar-refractivity contribution in [3.8, 4) is 11.6 Å². The van der Waals surface area contributed by atoms with E-state index in [0.29, 0.717) is 11.3 Å². The van der Waals surface area contributed by atoms with Crippen molar-refractivity contribution in [1.82, 2.24) is 10.3 Å². The molecule has 25 heavy (non-hydrogen) atoms. The number of benzene rings is 1. The Hall–Kier alpha value is -2.77. The first kappa shape index (κ1) is 18.6. The molecule has 0 saturated heterocycles. The van der Waals surface area contributed by atoms with E-state index < -0.39 is 12.8 Å². The molecule has 5 nitrogen and oxygen atoms in total. The molecule has 0 spiro atoms. The van der Waals surface area contributed by atoms with E-state index in [1.807, 2.05) is 0 Å². The number of ether oxygens (including phenoxy) is 2. The summed E-state index contributed by atoms with van der Waals surface area (Å²) in [5, 5.41) is 2.64. The van der Waals surface area contributed by atoms with Gasteiger partial charge in [-0.1, -0.05) is 18.2 Å². The van der Waals surface area contributed by atoms with Crippen LogP contribution in [0.5, 0.6) is 11.6 Å². The lowest BCUT2D eigenvalue weighted by molar-refractivity contribution is -0.154. The van der Waals surface area contributed by atoms with Crippen molar-refractivity contribution < 1.29 is 27.4 Å². The van der Waals surface area contributed by atoms with Gasteiger partial charge in [-0.25, -0.2) is 4.98 Å². The smallest absolute Gasteiger partial charge is 0.422 e. The van der Waals surface area contributed by atoms with Crippen molar-refractivity contribution in [2.45, 2.75) is 19.1 Å². The molecule has 1 N–H and O–H groups in total. The Labute approximate surface area is 142 Å². The van der Waals surface area contributed by atoms with Crippen molar-refractivity contribution in [3.05, 3.63) is 53.7 Å². The highest BCUT2D eigenvalue weighted by Gasteiger charge is 2.29. The number of carbonyl (C=O) groups is 1. The van der Waals surface area contributed by atoms with Crippen LogP contribution in [0.1, 0.15) is 11.1 Å². The minimum atomic E-state index is -4.45. The van der Waals surface area contributed by atoms with E-state index in [1.165, 1.54) is 6.20 Å². The predicted molar refractivity (Wildman–Crippen MR) is 84.3 cm³/mol. The molecule has 0 aliphatic rings. The third kappa shape index (κ3) is 6.33. The maximum Gasteiger partial charge on any atom is 0.422 e. The summed E-state index contributed by atoms with van der Waals surface area (Å²) in [5.74, 6) is 0.270. The molecule has 1 amide bonds. The molecule has 0 saturated carbocycles. The Balaban J connectivity index is 1.90. The van der Waals surface area contributed by atoms with Crippen molar-refractivity contribution in [3.63, 3.8) is 0 Å². The lowest BCUT2D eigenvalue weighted by atomic mass is 10.1. The van der Waals surface area contributed by atoms with Gasteiger partial charge in [0.25, 0.3) is 0 Å². The number of nitrogens with zero attached hydrogens (tertiary/aromatic N) is 1. The van der Waals surface area contributed by atoms with Gasteiger partial charge < -0.3 is 14.8 Å². The number of hydrogen-bond donors (Lipinski definition) is 1. The standard InChI is InChI=1S/C17H17F3N2O3/c1-24-14-6-4-12(5-7-14)9-15(23)22-10-13-3-2-8-21-16(13)25-11-17(18,19)20/h2-8H,9-11H2,1H3,(H,22,23). The topological polar surface area (TPSA) is 60.5 Å². The van der Waals surface area contributed by atoms with Crippen LogP contribution in [0.4, 0.5) is 13.2 Å². The molecule has 0 fully saturated rings. The number of nitrogens with one attached hydrogen (secondary N) is 1. The summed E-state index contributed by atoms with van der Waals surface area (Å²) < 4.78 is 46.5. The average Bonchev–Trinajstić information content (AvgIpc) is 2.59. The van der Waals surface area contributed by atoms with E-state index in [1.54, 1.807) is 43.5 Å². The van der Waals surface area contributed by atoms with Crippen LogP contribution in [-0.2, 0) is 17.8 Å². The highest BCUT2D eigenvalue weighted by atomic mass is 19.4. The van der Waals surface area contributed by atoms with Gasteiger partial charge in [-0.2, -0.15) is 13.2 Å². The molecule has 0 unspecified atom stereocenters. The summed E-state index contributed by atoms with van der Waals surface area (Å²) in [6.07, 6.45) is -2.98. The number of alkyl halides is 3. The molecule has 1 aromatic carbocycles. The van der Waals surface area contributed by atoms with Crippen LogP contribution in [0.25, 0.3) is 0 Å². The minimum absolute atomic E-state index is 0.0238. The molecular formula is C17H17F3N2O3. The first-order chi connectivity index (χ1) is 11.9. The largest absolute Gasteiger partial charge is 0.497 e. The predicted octanol–water partition coefficient (Wildman–Crippen LogP) is 2.89. The van der Waals surface area contributed by atoms with Gasteiger partial charge in [0.15, 0.2) is 6.61 Å². The number of hydrogen-bond acceptors (Lipinski definition) is 4. The number of carbonyl (C=O) groups excluding carboxylic acids is 1. The molecule has 1 heterocycles. The second kappa shape index (κ2) is 8.36. The van der Waals surface area contributed by atoms with Gasteiger partial charge >= 0.3 is 6.18 Å². The SMILES string of the molecule is COc1ccc(CC(=O)NCc2cccnc2OCC(F)(F)F)cc1. The van der Waals surface area contributed by atoms with Crippen LogP contribution in [-0.4, -0.2) is 30.8 Å². The molecule has 2 aromatic rings. The van der Waals surface area contributed by atoms with E-state index in [9.17, 15) is 18.0 Å². The van der Waals surface area contributed by atoms with Gasteiger partial charge in [0, 0.05) is 18.3 Å². The molecule has 134 valence electrons. The lowest BCUT2D eigenvalue weighted by Crippen LogP contribution is -2.25. The van der Waals surface area contributed by atoms with Crippen LogP contribution < -0.4 is 14.8 Å². The van der Waals surface area contributed by atoms with Gasteiger partial charge in [-0.05, 0) is 23.8 Å². The monoisotopic (exact) mass is 354 g/mol. The zero-order chi connectivity index (χ0) is 18.3. The van der Waals surface area contributed by atoms with Gasteiger partial charge in [-0.3, -0.25) is 4.79 Å². The van der Waals surface area contributed by atoms with Gasteiger partial charge in [0.1, 0.15) is 5.75 Å². The molecule has 0 aliphatic heterocycles. The number of pyridine rings is 1. The van der Waals surface area contributed by atoms with Crippen LogP contribution >= 0.6 is 0 Å². The molecule has 1 aromatic heterocycles. The summed E-state index contributed by atoms with van der Waals surface area (Å²) in [4.78, 5) is 15.8. The third-order valence-electron chi connectivity index (χ3n) is 3.22. The highest BCUT2D eigenvalue weighted by Crippen LogP contribution is 2.20. The zero-order valence-corrected chi connectivity index (χ0v) is 13.5. The van der Waals surface area contributed by atoms with E-state index in [0.717, 1.165) is 5.56 Å². The molecule has 8 heteroatoms. The van der Waals surface area contributed by atoms with Gasteiger partial charge in [0.2, 0.25) is 11.8 Å². The molecular weight excluding hydrogens is 337 g/mol. The summed E-state index contributed by atoms with van der Waals surface area (Å²) in [7, 11) is 1.55. The van der Waals surface area contributed by atoms with Crippen LogP contribution in [0.15, 0.2) is 42.6 Å². The molecule has 0 atom stereocenters. The minimum Gasteiger partial charge on any atom is -0.497 e. The van der Waals surface area contributed by atoms with Crippen LogP contribution in [0.3, 0.4) is 0 Å². The molecule has 0 aliphatic carbocycles. The summed E-state index contributed by atoms with van der Waals surface area (Å²) in [5.41, 5.74) is 1.16. The van der Waals surface area contributed by atoms with E-state index >= 15 is 0 Å². The number of methoxy groups -OCH3 is 1. The number of amides is 1. The second-order valence-electron chi connectivity index (χ2n) is 5.17. The quantitative estimate of drug-likeness (QED) is 0.831. The Morgan fingerprint density at radius 1 is 1.20 bits per heavy atom. The first-order valence-electron chi connectivity index (χ1n) is 7.40. The summed E-state index contributed by atoms with van der Waals surface area (Å²) >= 11 is 0. The summed E-state index contributed by atoms with van der Waals surface area (Å²) in [6.45, 7) is -1.41. The number of halogens is 3. The van der Waals surface area contributed by atoms with E-state index in [4.69, 9.17) is 4.74 Å². The van der Waals surface area contributed by atoms with Gasteiger partial charge in [-0.15, -0.1) is 0 Å². The van der Waals surface area contributed by atoms with Crippen molar-refractivity contribution >= 4 is 5.91 Å². The fourth-order valence-electron chi connectivity index (χ4n) is 2.02. The number of aromatic nitrogens is 1. The normalized spacial score (nSPS) is 11.0. The van der Waals surface area contributed by atoms with E-state index in [2.05, 4.69) is 15.0 Å². The van der Waals surface area contributed by atoms with E-state index in [-0.39, 0.29) is 24.8 Å². The Bertz CT molecular complexity index is 703. The lowest BCUT2D eigenvalue weighted by Gasteiger charge is -2.12. The average molecular weight is 354 g/mol. The van der Waals surface area contributed by atoms with Crippen LogP contribution in [0, 0.1) is 0 Å². The van der Waals surface area contributed by atoms with Crippen molar-refractivity contribution in [2.24, 2.45) is 0 Å². The van der Waals surface area contributed by atoms with Crippen LogP contribution in [0.2, 0.25) is 0 Å². The zero-order valence-electron chi connectivity index (χ0n) is 13.5. The second-order valence-corrected chi connectivity index (χ2v) is 5.17. The maximum absolute atomic E-state index is 12.3. The first-order valence-corrected chi connectivity index (χ1v) is 7.40. The number of rotatable bonds is 7. The highest BCUT2D eigenvalue weighted by molar-refractivity contribution is 5.78. The van der Waals surface area contributed by atoms with Crippen molar-refractivity contribution in [1.29, 1.82) is 0 Å². The van der Waals surface area contributed by atoms with Gasteiger partial charge in [0.05, 0.1) is 13.5 Å². The Morgan fingerprint density at radius 3 is 2.56 bits per heavy atom. The fourth-order valence-corrected chi connectivity index (χ4v) is 2.02. The van der Waals surface area contributed by atoms with Crippen molar-refractivity contribution in [2.75, 3.05) is 13.7 Å². The Morgan fingerprint density at radius 2 is 1.92 bits per heavy atom. The summed E-state index contributed by atoms with van der Waals surface area (Å²) in [6, 6.07) is 10.1. The molecule has 0 radical (unpaired) electrons. The molecule has 0 bridgehead atoms. The molecule has 2 rings (SSSR count).